The highest BCUT2D eigenvalue weighted by atomic mass is 16.2. The van der Waals surface area contributed by atoms with Crippen molar-refractivity contribution in [3.8, 4) is 0 Å². The maximum Gasteiger partial charge on any atom is 0.224 e. The lowest BCUT2D eigenvalue weighted by molar-refractivity contribution is -0.117. The number of aryl methyl sites for hydroxylation is 1. The van der Waals surface area contributed by atoms with Crippen molar-refractivity contribution in [1.29, 1.82) is 0 Å². The molecule has 0 unspecified atom stereocenters. The molecule has 1 aromatic heterocycles. The lowest BCUT2D eigenvalue weighted by atomic mass is 9.73. The lowest BCUT2D eigenvalue weighted by Gasteiger charge is -2.45. The molecule has 0 radical (unpaired) electrons. The molecule has 0 N–H and O–H groups in total. The Labute approximate surface area is 161 Å². The molecule has 0 saturated carbocycles. The molecule has 3 rings (SSSR count). The van der Waals surface area contributed by atoms with Gasteiger partial charge in [-0.25, -0.2) is 0 Å². The summed E-state index contributed by atoms with van der Waals surface area (Å²) in [5, 5.41) is 0. The van der Waals surface area contributed by atoms with Gasteiger partial charge in [-0.3, -0.25) is 14.6 Å². The topological polar surface area (TPSA) is 50.3 Å². The third kappa shape index (κ3) is 3.66. The Hall–Kier alpha value is -2.49. The van der Waals surface area contributed by atoms with Crippen LogP contribution in [0.1, 0.15) is 67.3 Å². The molecule has 0 fully saturated rings. The van der Waals surface area contributed by atoms with Crippen LogP contribution >= 0.6 is 0 Å². The molecule has 0 bridgehead atoms. The molecule has 4 heteroatoms. The zero-order chi connectivity index (χ0) is 19.7. The maximum absolute atomic E-state index is 12.5. The van der Waals surface area contributed by atoms with E-state index in [4.69, 9.17) is 0 Å². The van der Waals surface area contributed by atoms with Gasteiger partial charge in [-0.05, 0) is 74.4 Å². The first-order valence-corrected chi connectivity index (χ1v) is 9.70. The van der Waals surface area contributed by atoms with E-state index < -0.39 is 0 Å². The van der Waals surface area contributed by atoms with Crippen LogP contribution in [-0.4, -0.2) is 22.7 Å². The van der Waals surface area contributed by atoms with Gasteiger partial charge in [0.25, 0.3) is 0 Å². The van der Waals surface area contributed by atoms with Crippen molar-refractivity contribution in [2.24, 2.45) is 5.92 Å². The average molecular weight is 364 g/mol. The molecule has 1 aromatic carbocycles. The van der Waals surface area contributed by atoms with E-state index in [1.807, 2.05) is 42.2 Å². The van der Waals surface area contributed by atoms with Crippen molar-refractivity contribution < 1.29 is 9.59 Å². The summed E-state index contributed by atoms with van der Waals surface area (Å²) in [5.41, 5.74) is 4.78. The number of ketones is 1. The average Bonchev–Trinajstić information content (AvgIpc) is 2.62. The first-order valence-electron chi connectivity index (χ1n) is 9.70. The van der Waals surface area contributed by atoms with E-state index in [1.54, 1.807) is 13.8 Å². The maximum atomic E-state index is 12.5. The Morgan fingerprint density at radius 1 is 1.15 bits per heavy atom. The SMILES string of the molecule is CC[C@H]1[C@H](C)[C@@H](Cc2cccc(C)n2)c2cc(C(C)=O)ccc2N1C(C)=O. The Balaban J connectivity index is 2.14. The number of fused-ring (bicyclic) bond motifs is 1. The van der Waals surface area contributed by atoms with Gasteiger partial charge in [-0.1, -0.05) is 19.9 Å². The first-order chi connectivity index (χ1) is 12.8. The van der Waals surface area contributed by atoms with Crippen LogP contribution in [0.3, 0.4) is 0 Å². The summed E-state index contributed by atoms with van der Waals surface area (Å²) in [4.78, 5) is 31.0. The minimum absolute atomic E-state index is 0.0462. The Bertz CT molecular complexity index is 874. The number of carbonyl (C=O) groups is 2. The highest BCUT2D eigenvalue weighted by Crippen LogP contribution is 2.45. The third-order valence-corrected chi connectivity index (χ3v) is 5.80. The molecule has 4 nitrogen and oxygen atoms in total. The molecule has 1 amide bonds. The monoisotopic (exact) mass is 364 g/mol. The first kappa shape index (κ1) is 19.3. The van der Waals surface area contributed by atoms with Gasteiger partial charge >= 0.3 is 0 Å². The molecule has 1 aliphatic heterocycles. The normalized spacial score (nSPS) is 21.7. The zero-order valence-corrected chi connectivity index (χ0v) is 16.8. The number of rotatable bonds is 4. The minimum atomic E-state index is 0.0462. The van der Waals surface area contributed by atoms with Crippen LogP contribution in [-0.2, 0) is 11.2 Å². The third-order valence-electron chi connectivity index (χ3n) is 5.80. The van der Waals surface area contributed by atoms with Crippen molar-refractivity contribution in [1.82, 2.24) is 4.98 Å². The molecular weight excluding hydrogens is 336 g/mol. The highest BCUT2D eigenvalue weighted by Gasteiger charge is 2.39. The van der Waals surface area contributed by atoms with Crippen LogP contribution in [0.15, 0.2) is 36.4 Å². The van der Waals surface area contributed by atoms with Crippen molar-refractivity contribution in [2.75, 3.05) is 4.90 Å². The molecule has 142 valence electrons. The number of amides is 1. The molecule has 2 aromatic rings. The number of Topliss-reactive ketones (excluding diaryl/α,β-unsaturated/α-hetero) is 1. The smallest absolute Gasteiger partial charge is 0.224 e. The fourth-order valence-electron chi connectivity index (χ4n) is 4.45. The van der Waals surface area contributed by atoms with Crippen LogP contribution < -0.4 is 4.90 Å². The summed E-state index contributed by atoms with van der Waals surface area (Å²) >= 11 is 0. The van der Waals surface area contributed by atoms with Gasteiger partial charge in [0.15, 0.2) is 5.78 Å². The van der Waals surface area contributed by atoms with Crippen LogP contribution in [0.2, 0.25) is 0 Å². The van der Waals surface area contributed by atoms with Gasteiger partial charge in [0.05, 0.1) is 0 Å². The van der Waals surface area contributed by atoms with Gasteiger partial charge in [0.1, 0.15) is 0 Å². The molecule has 27 heavy (non-hydrogen) atoms. The molecule has 0 aliphatic carbocycles. The van der Waals surface area contributed by atoms with Crippen LogP contribution in [0.25, 0.3) is 0 Å². The fraction of sp³-hybridized carbons (Fsp3) is 0.435. The van der Waals surface area contributed by atoms with Crippen LogP contribution in [0.5, 0.6) is 0 Å². The number of hydrogen-bond acceptors (Lipinski definition) is 3. The van der Waals surface area contributed by atoms with E-state index in [0.717, 1.165) is 35.5 Å². The van der Waals surface area contributed by atoms with E-state index in [9.17, 15) is 9.59 Å². The molecular formula is C23H28N2O2. The molecule has 3 atom stereocenters. The summed E-state index contributed by atoms with van der Waals surface area (Å²) < 4.78 is 0. The second-order valence-corrected chi connectivity index (χ2v) is 7.63. The summed E-state index contributed by atoms with van der Waals surface area (Å²) in [6.07, 6.45) is 1.70. The summed E-state index contributed by atoms with van der Waals surface area (Å²) in [7, 11) is 0. The number of anilines is 1. The summed E-state index contributed by atoms with van der Waals surface area (Å²) in [5.74, 6) is 0.590. The number of carbonyl (C=O) groups excluding carboxylic acids is 2. The zero-order valence-electron chi connectivity index (χ0n) is 16.8. The second kappa shape index (κ2) is 7.63. The second-order valence-electron chi connectivity index (χ2n) is 7.63. The number of nitrogens with zero attached hydrogens (tertiary/aromatic N) is 2. The van der Waals surface area contributed by atoms with Crippen LogP contribution in [0, 0.1) is 12.8 Å². The van der Waals surface area contributed by atoms with Gasteiger partial charge in [0.2, 0.25) is 5.91 Å². The van der Waals surface area contributed by atoms with Crippen LogP contribution in [0.4, 0.5) is 5.69 Å². The summed E-state index contributed by atoms with van der Waals surface area (Å²) in [6, 6.07) is 12.0. The Kier molecular flexibility index (Phi) is 5.45. The predicted molar refractivity (Wildman–Crippen MR) is 108 cm³/mol. The summed E-state index contributed by atoms with van der Waals surface area (Å²) in [6.45, 7) is 9.56. The van der Waals surface area contributed by atoms with Gasteiger partial charge < -0.3 is 4.90 Å². The molecule has 1 aliphatic rings. The van der Waals surface area contributed by atoms with Crippen molar-refractivity contribution in [3.05, 3.63) is 58.9 Å². The van der Waals surface area contributed by atoms with Crippen molar-refractivity contribution in [3.63, 3.8) is 0 Å². The van der Waals surface area contributed by atoms with Gasteiger partial charge in [-0.2, -0.15) is 0 Å². The number of aromatic nitrogens is 1. The van der Waals surface area contributed by atoms with E-state index in [2.05, 4.69) is 24.9 Å². The Morgan fingerprint density at radius 3 is 2.48 bits per heavy atom. The van der Waals surface area contributed by atoms with Crippen molar-refractivity contribution >= 4 is 17.4 Å². The van der Waals surface area contributed by atoms with E-state index in [-0.39, 0.29) is 29.6 Å². The molecule has 0 saturated heterocycles. The highest BCUT2D eigenvalue weighted by molar-refractivity contribution is 5.97. The van der Waals surface area contributed by atoms with E-state index in [1.165, 1.54) is 0 Å². The minimum Gasteiger partial charge on any atom is -0.309 e. The van der Waals surface area contributed by atoms with E-state index in [0.29, 0.717) is 5.56 Å². The van der Waals surface area contributed by atoms with Crippen molar-refractivity contribution in [2.45, 2.75) is 59.4 Å². The fourth-order valence-corrected chi connectivity index (χ4v) is 4.45. The molecule has 2 heterocycles. The number of hydrogen-bond donors (Lipinski definition) is 0. The largest absolute Gasteiger partial charge is 0.309 e. The predicted octanol–water partition coefficient (Wildman–Crippen LogP) is 4.70. The standard InChI is InChI=1S/C23H28N2O2/c1-6-22-15(3)20(13-19-9-7-8-14(2)24-19)21-12-18(16(4)26)10-11-23(21)25(22)17(5)27/h7-12,15,20,22H,6,13H2,1-5H3/t15-,20-,22+/m1/s1. The molecule has 0 spiro atoms. The van der Waals surface area contributed by atoms with Gasteiger partial charge in [-0.15, -0.1) is 0 Å². The van der Waals surface area contributed by atoms with E-state index >= 15 is 0 Å². The quantitative estimate of drug-likeness (QED) is 0.739. The lowest BCUT2D eigenvalue weighted by Crippen LogP contribution is -2.48. The van der Waals surface area contributed by atoms with Gasteiger partial charge in [0, 0.05) is 35.6 Å². The number of benzene rings is 1. The number of pyridine rings is 1. The Morgan fingerprint density at radius 2 is 1.89 bits per heavy atom.